The van der Waals surface area contributed by atoms with Crippen molar-refractivity contribution in [3.63, 3.8) is 0 Å². The summed E-state index contributed by atoms with van der Waals surface area (Å²) in [5.74, 6) is 0.229. The quantitative estimate of drug-likeness (QED) is 0.525. The van der Waals surface area contributed by atoms with Gasteiger partial charge in [0.1, 0.15) is 16.1 Å². The first-order valence-electron chi connectivity index (χ1n) is 7.04. The Morgan fingerprint density at radius 3 is 2.75 bits per heavy atom. The van der Waals surface area contributed by atoms with Crippen molar-refractivity contribution in [3.05, 3.63) is 50.1 Å². The van der Waals surface area contributed by atoms with Crippen LogP contribution in [-0.4, -0.2) is 22.5 Å². The van der Waals surface area contributed by atoms with E-state index in [0.29, 0.717) is 17.1 Å². The van der Waals surface area contributed by atoms with Crippen molar-refractivity contribution >= 4 is 43.8 Å². The summed E-state index contributed by atoms with van der Waals surface area (Å²) >= 11 is 2.20. The highest BCUT2D eigenvalue weighted by molar-refractivity contribution is 7.17. The number of benzene rings is 1. The van der Waals surface area contributed by atoms with Crippen LogP contribution in [0.25, 0.3) is 10.2 Å². The highest BCUT2D eigenvalue weighted by Gasteiger charge is 2.16. The van der Waals surface area contributed by atoms with Gasteiger partial charge in [0, 0.05) is 12.6 Å². The Kier molecular flexibility index (Phi) is 4.45. The Morgan fingerprint density at radius 1 is 1.33 bits per heavy atom. The lowest BCUT2D eigenvalue weighted by Crippen LogP contribution is -2.15. The molecule has 1 amide bonds. The molecule has 124 valence electrons. The predicted octanol–water partition coefficient (Wildman–Crippen LogP) is 3.44. The number of hydrogen-bond acceptors (Lipinski definition) is 6. The first kappa shape index (κ1) is 16.3. The summed E-state index contributed by atoms with van der Waals surface area (Å²) in [5, 5.41) is 10.7. The second kappa shape index (κ2) is 6.54. The van der Waals surface area contributed by atoms with Crippen LogP contribution in [0.1, 0.15) is 16.6 Å². The van der Waals surface area contributed by atoms with Crippen LogP contribution < -0.4 is 9.54 Å². The monoisotopic (exact) mass is 363 g/mol. The Hall–Kier alpha value is -2.52. The molecule has 0 spiro atoms. The smallest absolute Gasteiger partial charge is 0.324 e. The van der Waals surface area contributed by atoms with Gasteiger partial charge in [0.2, 0.25) is 0 Å². The molecule has 9 heteroatoms. The zero-order valence-electron chi connectivity index (χ0n) is 12.9. The van der Waals surface area contributed by atoms with E-state index in [0.717, 1.165) is 21.6 Å². The number of nitro groups is 1. The molecular weight excluding hydrogens is 350 g/mol. The summed E-state index contributed by atoms with van der Waals surface area (Å²) in [6, 6.07) is 8.42. The molecule has 0 saturated heterocycles. The zero-order chi connectivity index (χ0) is 17.3. The second-order valence-electron chi connectivity index (χ2n) is 4.75. The van der Waals surface area contributed by atoms with Gasteiger partial charge in [-0.2, -0.15) is 4.99 Å². The van der Waals surface area contributed by atoms with E-state index in [9.17, 15) is 14.9 Å². The normalized spacial score (nSPS) is 11.8. The van der Waals surface area contributed by atoms with E-state index in [1.165, 1.54) is 23.5 Å². The van der Waals surface area contributed by atoms with Crippen LogP contribution in [0.4, 0.5) is 5.00 Å². The largest absolute Gasteiger partial charge is 0.495 e. The van der Waals surface area contributed by atoms with Crippen LogP contribution in [-0.2, 0) is 6.54 Å². The number of amides is 1. The Morgan fingerprint density at radius 2 is 2.12 bits per heavy atom. The third-order valence-corrected chi connectivity index (χ3v) is 5.45. The number of aromatic nitrogens is 1. The van der Waals surface area contributed by atoms with Crippen LogP contribution in [0.15, 0.2) is 35.3 Å². The highest BCUT2D eigenvalue weighted by atomic mass is 32.1. The topological polar surface area (TPSA) is 86.7 Å². The molecule has 0 radical (unpaired) electrons. The lowest BCUT2D eigenvalue weighted by molar-refractivity contribution is -0.380. The van der Waals surface area contributed by atoms with Gasteiger partial charge in [-0.05, 0) is 25.1 Å². The van der Waals surface area contributed by atoms with E-state index in [1.54, 1.807) is 7.11 Å². The number of nitrogens with zero attached hydrogens (tertiary/aromatic N) is 3. The second-order valence-corrected chi connectivity index (χ2v) is 6.82. The summed E-state index contributed by atoms with van der Waals surface area (Å²) in [7, 11) is 1.60. The standard InChI is InChI=1S/C15H13N3O4S2/c1-3-17-13-9(22-2)5-4-6-10(13)24-15(17)16-14(19)11-7-8-12(23-11)18(20)21/h4-8H,3H2,1-2H3. The van der Waals surface area contributed by atoms with Crippen molar-refractivity contribution in [2.24, 2.45) is 4.99 Å². The number of para-hydroxylation sites is 1. The summed E-state index contributed by atoms with van der Waals surface area (Å²) < 4.78 is 8.25. The number of hydrogen-bond donors (Lipinski definition) is 0. The minimum Gasteiger partial charge on any atom is -0.495 e. The molecule has 3 aromatic rings. The van der Waals surface area contributed by atoms with Crippen LogP contribution >= 0.6 is 22.7 Å². The van der Waals surface area contributed by atoms with Crippen LogP contribution in [0.2, 0.25) is 0 Å². The van der Waals surface area contributed by atoms with Gasteiger partial charge < -0.3 is 9.30 Å². The molecule has 0 N–H and O–H groups in total. The summed E-state index contributed by atoms with van der Waals surface area (Å²) in [6.07, 6.45) is 0. The molecule has 0 aliphatic rings. The molecule has 0 fully saturated rings. The van der Waals surface area contributed by atoms with E-state index in [1.807, 2.05) is 29.7 Å². The van der Waals surface area contributed by atoms with E-state index >= 15 is 0 Å². The van der Waals surface area contributed by atoms with Crippen molar-refractivity contribution in [1.29, 1.82) is 0 Å². The van der Waals surface area contributed by atoms with E-state index in [2.05, 4.69) is 4.99 Å². The maximum absolute atomic E-state index is 12.3. The molecular formula is C15H13N3O4S2. The van der Waals surface area contributed by atoms with Crippen molar-refractivity contribution < 1.29 is 14.5 Å². The van der Waals surface area contributed by atoms with Gasteiger partial charge in [-0.1, -0.05) is 28.7 Å². The molecule has 0 saturated carbocycles. The van der Waals surface area contributed by atoms with Crippen molar-refractivity contribution in [2.45, 2.75) is 13.5 Å². The maximum atomic E-state index is 12.3. The summed E-state index contributed by atoms with van der Waals surface area (Å²) in [5.41, 5.74) is 0.885. The third kappa shape index (κ3) is 2.83. The molecule has 1 aromatic carbocycles. The minimum atomic E-state index is -0.516. The number of carbonyl (C=O) groups excluding carboxylic acids is 1. The van der Waals surface area contributed by atoms with E-state index < -0.39 is 10.8 Å². The SMILES string of the molecule is CCn1c(=NC(=O)c2ccc([N+](=O)[O-])s2)sc2cccc(OC)c21. The number of thiazole rings is 1. The molecule has 0 unspecified atom stereocenters. The maximum Gasteiger partial charge on any atom is 0.324 e. The van der Waals surface area contributed by atoms with Gasteiger partial charge in [-0.3, -0.25) is 14.9 Å². The Labute approximate surface area is 144 Å². The molecule has 0 bridgehead atoms. The van der Waals surface area contributed by atoms with Crippen molar-refractivity contribution in [2.75, 3.05) is 7.11 Å². The van der Waals surface area contributed by atoms with Gasteiger partial charge >= 0.3 is 5.00 Å². The van der Waals surface area contributed by atoms with Crippen molar-refractivity contribution in [3.8, 4) is 5.75 Å². The molecule has 0 aliphatic heterocycles. The average Bonchev–Trinajstić information content (AvgIpc) is 3.18. The molecule has 2 aromatic heterocycles. The lowest BCUT2D eigenvalue weighted by Gasteiger charge is -2.05. The van der Waals surface area contributed by atoms with Crippen LogP contribution in [0.3, 0.4) is 0 Å². The first-order chi connectivity index (χ1) is 11.5. The van der Waals surface area contributed by atoms with Crippen molar-refractivity contribution in [1.82, 2.24) is 4.57 Å². The van der Waals surface area contributed by atoms with Crippen LogP contribution in [0, 0.1) is 10.1 Å². The van der Waals surface area contributed by atoms with E-state index in [-0.39, 0.29) is 9.88 Å². The fourth-order valence-electron chi connectivity index (χ4n) is 2.32. The lowest BCUT2D eigenvalue weighted by atomic mass is 10.3. The number of fused-ring (bicyclic) bond motifs is 1. The molecule has 0 aliphatic carbocycles. The summed E-state index contributed by atoms with van der Waals surface area (Å²) in [4.78, 5) is 27.5. The first-order valence-corrected chi connectivity index (χ1v) is 8.68. The Bertz CT molecular complexity index is 1000. The fourth-order valence-corrected chi connectivity index (χ4v) is 4.14. The zero-order valence-corrected chi connectivity index (χ0v) is 14.5. The molecule has 0 atom stereocenters. The van der Waals surface area contributed by atoms with Crippen LogP contribution in [0.5, 0.6) is 5.75 Å². The highest BCUT2D eigenvalue weighted by Crippen LogP contribution is 2.28. The number of ether oxygens (including phenoxy) is 1. The van der Waals surface area contributed by atoms with Gasteiger partial charge in [0.25, 0.3) is 5.91 Å². The molecule has 2 heterocycles. The fraction of sp³-hybridized carbons (Fsp3) is 0.200. The number of carbonyl (C=O) groups is 1. The third-order valence-electron chi connectivity index (χ3n) is 3.38. The van der Waals surface area contributed by atoms with Gasteiger partial charge in [0.05, 0.1) is 16.7 Å². The number of aryl methyl sites for hydroxylation is 1. The molecule has 7 nitrogen and oxygen atoms in total. The number of thiophene rings is 1. The van der Waals surface area contributed by atoms with Gasteiger partial charge in [0.15, 0.2) is 4.80 Å². The molecule has 24 heavy (non-hydrogen) atoms. The van der Waals surface area contributed by atoms with Gasteiger partial charge in [-0.25, -0.2) is 0 Å². The minimum absolute atomic E-state index is 0.0741. The van der Waals surface area contributed by atoms with Gasteiger partial charge in [-0.15, -0.1) is 0 Å². The molecule has 3 rings (SSSR count). The Balaban J connectivity index is 2.12. The average molecular weight is 363 g/mol. The predicted molar refractivity (Wildman–Crippen MR) is 92.9 cm³/mol. The number of methoxy groups -OCH3 is 1. The number of rotatable bonds is 4. The van der Waals surface area contributed by atoms with E-state index in [4.69, 9.17) is 4.74 Å². The summed E-state index contributed by atoms with van der Waals surface area (Å²) in [6.45, 7) is 2.58.